The number of hydrogen-bond donors (Lipinski definition) is 7. The number of ketones is 1. The van der Waals surface area contributed by atoms with Gasteiger partial charge in [0, 0.05) is 53.3 Å². The van der Waals surface area contributed by atoms with E-state index in [2.05, 4.69) is 13.8 Å². The van der Waals surface area contributed by atoms with E-state index in [4.69, 9.17) is 33.2 Å². The van der Waals surface area contributed by atoms with Crippen molar-refractivity contribution in [3.8, 4) is 74.7 Å². The Morgan fingerprint density at radius 2 is 1.43 bits per heavy atom. The molecule has 0 spiro atoms. The van der Waals surface area contributed by atoms with Crippen molar-refractivity contribution in [2.24, 2.45) is 5.92 Å². The zero-order valence-electron chi connectivity index (χ0n) is 33.2. The maximum Gasteiger partial charge on any atom is 0.338 e. The molecule has 0 fully saturated rings. The predicted octanol–water partition coefficient (Wildman–Crippen LogP) is 6.31. The highest BCUT2D eigenvalue weighted by Crippen LogP contribution is 2.50. The SMILES string of the molecule is COc1cc2c(cc1OC)C1C(=O)c3ccc4c(c3OC1CO2)CC(C(C)C)O4.O=C(OC1Cc2c(O)cc(O)cc2OC1c1ccc(O)c(O)c1)c1cc(O)c(O)c(O)c1. The van der Waals surface area contributed by atoms with Crippen LogP contribution in [0.5, 0.6) is 74.7 Å². The second-order valence-electron chi connectivity index (χ2n) is 15.3. The van der Waals surface area contributed by atoms with Crippen molar-refractivity contribution in [3.05, 3.63) is 100 Å². The van der Waals surface area contributed by atoms with Crippen molar-refractivity contribution in [2.45, 2.75) is 57.0 Å². The van der Waals surface area contributed by atoms with Gasteiger partial charge in [-0.25, -0.2) is 4.79 Å². The van der Waals surface area contributed by atoms with Crippen LogP contribution in [-0.4, -0.2) is 86.6 Å². The van der Waals surface area contributed by atoms with Crippen LogP contribution >= 0.6 is 0 Å². The van der Waals surface area contributed by atoms with Gasteiger partial charge in [-0.15, -0.1) is 0 Å². The van der Waals surface area contributed by atoms with Gasteiger partial charge in [-0.1, -0.05) is 19.9 Å². The number of fused-ring (bicyclic) bond motifs is 7. The molecule has 0 saturated heterocycles. The summed E-state index contributed by atoms with van der Waals surface area (Å²) in [4.78, 5) is 26.2. The lowest BCUT2D eigenvalue weighted by Crippen LogP contribution is -2.43. The lowest BCUT2D eigenvalue weighted by Gasteiger charge is -2.37. The molecule has 0 aromatic heterocycles. The molecule has 5 unspecified atom stereocenters. The van der Waals surface area contributed by atoms with Gasteiger partial charge in [-0.2, -0.15) is 0 Å². The average Bonchev–Trinajstić information content (AvgIpc) is 3.69. The van der Waals surface area contributed by atoms with Crippen molar-refractivity contribution in [1.82, 2.24) is 0 Å². The van der Waals surface area contributed by atoms with Crippen LogP contribution in [0.3, 0.4) is 0 Å². The third-order valence-corrected chi connectivity index (χ3v) is 11.1. The number of hydrogen-bond acceptors (Lipinski definition) is 16. The molecule has 0 bridgehead atoms. The first kappa shape index (κ1) is 40.4. The van der Waals surface area contributed by atoms with Gasteiger partial charge in [0.25, 0.3) is 0 Å². The number of aromatic hydroxyl groups is 7. The van der Waals surface area contributed by atoms with Crippen LogP contribution in [0.25, 0.3) is 0 Å². The molecule has 4 heterocycles. The average molecular weight is 839 g/mol. The molecule has 0 aliphatic carbocycles. The number of ether oxygens (including phenoxy) is 7. The Labute approximate surface area is 348 Å². The number of carbonyl (C=O) groups excluding carboxylic acids is 2. The van der Waals surface area contributed by atoms with E-state index in [0.29, 0.717) is 46.6 Å². The number of phenols is 7. The van der Waals surface area contributed by atoms with Gasteiger partial charge in [-0.3, -0.25) is 4.79 Å². The van der Waals surface area contributed by atoms with Crippen molar-refractivity contribution < 1.29 is 78.5 Å². The summed E-state index contributed by atoms with van der Waals surface area (Å²) < 4.78 is 40.5. The Hall–Kier alpha value is -7.36. The molecule has 5 aromatic carbocycles. The molecule has 61 heavy (non-hydrogen) atoms. The lowest BCUT2D eigenvalue weighted by molar-refractivity contribution is -0.0189. The topological polar surface area (TPSA) is 240 Å². The highest BCUT2D eigenvalue weighted by atomic mass is 16.6. The maximum absolute atomic E-state index is 13.5. The first-order chi connectivity index (χ1) is 29.1. The molecule has 4 aliphatic heterocycles. The minimum Gasteiger partial charge on any atom is -0.508 e. The Kier molecular flexibility index (Phi) is 10.4. The highest BCUT2D eigenvalue weighted by molar-refractivity contribution is 6.06. The highest BCUT2D eigenvalue weighted by Gasteiger charge is 2.46. The van der Waals surface area contributed by atoms with Crippen LogP contribution < -0.4 is 28.4 Å². The van der Waals surface area contributed by atoms with E-state index >= 15 is 0 Å². The number of phenolic OH excluding ortho intramolecular Hbond substituents is 7. The third-order valence-electron chi connectivity index (χ3n) is 11.1. The Bertz CT molecular complexity index is 2540. The number of rotatable bonds is 6. The van der Waals surface area contributed by atoms with Gasteiger partial charge in [0.05, 0.1) is 31.3 Å². The fourth-order valence-electron chi connectivity index (χ4n) is 7.94. The standard InChI is InChI=1S/C23H24O6.C22H18O10/c1-11(2)16-8-14-15(28-16)6-5-12-22(24)21-13-7-18(25-3)19(26-4)9-17(13)27-10-20(21)29-23(12)14;23-11-6-14(25)12-8-19(32-22(30)10-4-16(27)20(29)17(28)5-10)21(31-18(12)7-11)9-1-2-13(24)15(26)3-9/h5-7,9,11,16,20-21H,8,10H2,1-4H3;1-7,19,21,23-29H,8H2. The predicted molar refractivity (Wildman–Crippen MR) is 213 cm³/mol. The molecular formula is C45H42O16. The molecule has 0 radical (unpaired) electrons. The summed E-state index contributed by atoms with van der Waals surface area (Å²) in [5, 5.41) is 68.2. The minimum absolute atomic E-state index is 0.0452. The van der Waals surface area contributed by atoms with Crippen LogP contribution in [0, 0.1) is 5.92 Å². The zero-order chi connectivity index (χ0) is 43.4. The van der Waals surface area contributed by atoms with Crippen LogP contribution in [0.4, 0.5) is 0 Å². The van der Waals surface area contributed by atoms with Gasteiger partial charge in [0.2, 0.25) is 0 Å². The first-order valence-electron chi connectivity index (χ1n) is 19.3. The molecule has 9 rings (SSSR count). The summed E-state index contributed by atoms with van der Waals surface area (Å²) in [6.07, 6.45) is -1.65. The van der Waals surface area contributed by atoms with E-state index in [-0.39, 0.29) is 58.5 Å². The Balaban J connectivity index is 0.000000169. The Morgan fingerprint density at radius 3 is 2.11 bits per heavy atom. The number of methoxy groups -OCH3 is 2. The van der Waals surface area contributed by atoms with Gasteiger partial charge in [0.1, 0.15) is 59.4 Å². The van der Waals surface area contributed by atoms with E-state index in [9.17, 15) is 45.3 Å². The van der Waals surface area contributed by atoms with Crippen molar-refractivity contribution in [3.63, 3.8) is 0 Å². The van der Waals surface area contributed by atoms with Crippen LogP contribution in [0.1, 0.15) is 68.8 Å². The number of esters is 1. The lowest BCUT2D eigenvalue weighted by atomic mass is 9.81. The molecular weight excluding hydrogens is 796 g/mol. The fraction of sp³-hybridized carbons (Fsp3) is 0.289. The molecule has 4 aliphatic rings. The third kappa shape index (κ3) is 7.34. The van der Waals surface area contributed by atoms with Crippen molar-refractivity contribution in [1.29, 1.82) is 0 Å². The molecule has 7 N–H and O–H groups in total. The Morgan fingerprint density at radius 1 is 0.705 bits per heavy atom. The summed E-state index contributed by atoms with van der Waals surface area (Å²) in [5.74, 6) is -1.19. The molecule has 0 saturated carbocycles. The van der Waals surface area contributed by atoms with Crippen LogP contribution in [0.2, 0.25) is 0 Å². The zero-order valence-corrected chi connectivity index (χ0v) is 33.2. The summed E-state index contributed by atoms with van der Waals surface area (Å²) in [7, 11) is 3.16. The summed E-state index contributed by atoms with van der Waals surface area (Å²) in [5.41, 5.74) is 2.70. The molecule has 16 heteroatoms. The van der Waals surface area contributed by atoms with E-state index in [1.807, 2.05) is 18.2 Å². The summed E-state index contributed by atoms with van der Waals surface area (Å²) in [6, 6.07) is 15.4. The fourth-order valence-corrected chi connectivity index (χ4v) is 7.94. The molecule has 16 nitrogen and oxygen atoms in total. The molecule has 318 valence electrons. The van der Waals surface area contributed by atoms with E-state index < -0.39 is 47.1 Å². The maximum atomic E-state index is 13.5. The largest absolute Gasteiger partial charge is 0.508 e. The van der Waals surface area contributed by atoms with Gasteiger partial charge in [0.15, 0.2) is 52.1 Å². The second-order valence-corrected chi connectivity index (χ2v) is 15.3. The molecule has 5 atom stereocenters. The normalized spacial score (nSPS) is 20.3. The quantitative estimate of drug-likeness (QED) is 0.0732. The van der Waals surface area contributed by atoms with Crippen LogP contribution in [0.15, 0.2) is 66.7 Å². The first-order valence-corrected chi connectivity index (χ1v) is 19.3. The molecule has 0 amide bonds. The van der Waals surface area contributed by atoms with Crippen molar-refractivity contribution >= 4 is 11.8 Å². The smallest absolute Gasteiger partial charge is 0.338 e. The van der Waals surface area contributed by atoms with E-state index in [1.54, 1.807) is 20.3 Å². The summed E-state index contributed by atoms with van der Waals surface area (Å²) in [6.45, 7) is 4.58. The van der Waals surface area contributed by atoms with Crippen molar-refractivity contribution in [2.75, 3.05) is 20.8 Å². The van der Waals surface area contributed by atoms with Gasteiger partial charge >= 0.3 is 5.97 Å². The van der Waals surface area contributed by atoms with Crippen LogP contribution in [-0.2, 0) is 17.6 Å². The van der Waals surface area contributed by atoms with E-state index in [0.717, 1.165) is 41.5 Å². The number of Topliss-reactive ketones (excluding diaryl/α,β-unsaturated/α-hetero) is 1. The van der Waals surface area contributed by atoms with Gasteiger partial charge < -0.3 is 68.9 Å². The van der Waals surface area contributed by atoms with Gasteiger partial charge in [-0.05, 0) is 48.4 Å². The van der Waals surface area contributed by atoms with E-state index in [1.165, 1.54) is 24.3 Å². The number of benzene rings is 5. The monoisotopic (exact) mass is 838 g/mol. The molecule has 5 aromatic rings. The summed E-state index contributed by atoms with van der Waals surface area (Å²) >= 11 is 0. The number of carbonyl (C=O) groups is 2. The minimum atomic E-state index is -1.06. The second kappa shape index (κ2) is 15.7.